The molecule has 3 heteroatoms. The standard InChI is InChI=1S/C17H26N2O/c1-2-19-13-9-17(10-14-19)7-3-15(4-8-17)20-16-5-11-18-12-6-16/h5-6,11-12,15H,2-4,7-10,13-14H2,1H3. The highest BCUT2D eigenvalue weighted by Crippen LogP contribution is 2.45. The van der Waals surface area contributed by atoms with E-state index in [0.717, 1.165) is 5.75 Å². The molecule has 2 fully saturated rings. The van der Waals surface area contributed by atoms with Crippen LogP contribution in [0.15, 0.2) is 24.5 Å². The highest BCUT2D eigenvalue weighted by Gasteiger charge is 2.38. The monoisotopic (exact) mass is 274 g/mol. The lowest BCUT2D eigenvalue weighted by molar-refractivity contribution is 0.0276. The van der Waals surface area contributed by atoms with Crippen molar-refractivity contribution >= 4 is 0 Å². The molecule has 0 amide bonds. The Bertz CT molecular complexity index is 402. The summed E-state index contributed by atoms with van der Waals surface area (Å²) < 4.78 is 6.08. The van der Waals surface area contributed by atoms with E-state index in [2.05, 4.69) is 16.8 Å². The van der Waals surface area contributed by atoms with Crippen LogP contribution in [0.2, 0.25) is 0 Å². The second-order valence-corrected chi connectivity index (χ2v) is 6.43. The Kier molecular flexibility index (Phi) is 4.25. The highest BCUT2D eigenvalue weighted by molar-refractivity contribution is 5.17. The number of pyridine rings is 1. The van der Waals surface area contributed by atoms with Crippen LogP contribution < -0.4 is 4.74 Å². The molecular formula is C17H26N2O. The maximum absolute atomic E-state index is 6.08. The summed E-state index contributed by atoms with van der Waals surface area (Å²) in [6.07, 6.45) is 11.9. The minimum atomic E-state index is 0.409. The van der Waals surface area contributed by atoms with Crippen molar-refractivity contribution in [3.63, 3.8) is 0 Å². The molecule has 110 valence electrons. The molecule has 20 heavy (non-hydrogen) atoms. The molecule has 1 aliphatic carbocycles. The molecule has 0 atom stereocenters. The van der Waals surface area contributed by atoms with Gasteiger partial charge in [-0.05, 0) is 75.7 Å². The van der Waals surface area contributed by atoms with E-state index in [4.69, 9.17) is 4.74 Å². The lowest BCUT2D eigenvalue weighted by atomic mass is 9.67. The summed E-state index contributed by atoms with van der Waals surface area (Å²) >= 11 is 0. The third-order valence-corrected chi connectivity index (χ3v) is 5.31. The summed E-state index contributed by atoms with van der Waals surface area (Å²) in [4.78, 5) is 6.63. The van der Waals surface area contributed by atoms with E-state index in [1.54, 1.807) is 12.4 Å². The Balaban J connectivity index is 1.50. The van der Waals surface area contributed by atoms with Gasteiger partial charge in [0.15, 0.2) is 0 Å². The maximum atomic E-state index is 6.08. The van der Waals surface area contributed by atoms with Gasteiger partial charge in [-0.3, -0.25) is 4.98 Å². The summed E-state index contributed by atoms with van der Waals surface area (Å²) in [6, 6.07) is 3.92. The molecule has 3 rings (SSSR count). The van der Waals surface area contributed by atoms with Crippen LogP contribution in [0.1, 0.15) is 45.4 Å². The van der Waals surface area contributed by atoms with Gasteiger partial charge in [0.2, 0.25) is 0 Å². The van der Waals surface area contributed by atoms with Gasteiger partial charge in [0.05, 0.1) is 6.10 Å². The van der Waals surface area contributed by atoms with Gasteiger partial charge in [0.25, 0.3) is 0 Å². The molecule has 1 saturated heterocycles. The Morgan fingerprint density at radius 1 is 1.15 bits per heavy atom. The van der Waals surface area contributed by atoms with Crippen LogP contribution >= 0.6 is 0 Å². The SMILES string of the molecule is CCN1CCC2(CCC(Oc3ccncc3)CC2)CC1. The van der Waals surface area contributed by atoms with Crippen LogP contribution in [0, 0.1) is 5.41 Å². The lowest BCUT2D eigenvalue weighted by Crippen LogP contribution is -2.43. The number of rotatable bonds is 3. The van der Waals surface area contributed by atoms with Crippen molar-refractivity contribution in [2.24, 2.45) is 5.41 Å². The highest BCUT2D eigenvalue weighted by atomic mass is 16.5. The van der Waals surface area contributed by atoms with E-state index in [9.17, 15) is 0 Å². The van der Waals surface area contributed by atoms with Crippen molar-refractivity contribution in [3.05, 3.63) is 24.5 Å². The fourth-order valence-electron chi connectivity index (χ4n) is 3.77. The predicted octanol–water partition coefficient (Wildman–Crippen LogP) is 3.51. The normalized spacial score (nSPS) is 23.9. The number of ether oxygens (including phenoxy) is 1. The first kappa shape index (κ1) is 13.9. The Morgan fingerprint density at radius 2 is 1.80 bits per heavy atom. The Morgan fingerprint density at radius 3 is 2.40 bits per heavy atom. The van der Waals surface area contributed by atoms with Gasteiger partial charge < -0.3 is 9.64 Å². The lowest BCUT2D eigenvalue weighted by Gasteiger charge is -2.45. The van der Waals surface area contributed by atoms with E-state index >= 15 is 0 Å². The zero-order valence-electron chi connectivity index (χ0n) is 12.6. The molecule has 1 aliphatic heterocycles. The zero-order valence-corrected chi connectivity index (χ0v) is 12.6. The molecule has 1 spiro atoms. The van der Waals surface area contributed by atoms with Crippen LogP contribution in [0.4, 0.5) is 0 Å². The van der Waals surface area contributed by atoms with Crippen molar-refractivity contribution < 1.29 is 4.74 Å². The molecule has 2 heterocycles. The third-order valence-electron chi connectivity index (χ3n) is 5.31. The minimum absolute atomic E-state index is 0.409. The van der Waals surface area contributed by atoms with Crippen molar-refractivity contribution in [2.45, 2.75) is 51.6 Å². The van der Waals surface area contributed by atoms with Gasteiger partial charge in [-0.2, -0.15) is 0 Å². The van der Waals surface area contributed by atoms with E-state index in [0.29, 0.717) is 11.5 Å². The third kappa shape index (κ3) is 3.14. The molecule has 2 aliphatic rings. The summed E-state index contributed by atoms with van der Waals surface area (Å²) in [5.74, 6) is 0.974. The smallest absolute Gasteiger partial charge is 0.122 e. The van der Waals surface area contributed by atoms with Crippen LogP contribution in [-0.4, -0.2) is 35.6 Å². The average Bonchev–Trinajstić information content (AvgIpc) is 2.52. The van der Waals surface area contributed by atoms with Crippen molar-refractivity contribution in [1.29, 1.82) is 0 Å². The number of hydrogen-bond donors (Lipinski definition) is 0. The van der Waals surface area contributed by atoms with Crippen LogP contribution in [0.25, 0.3) is 0 Å². The molecule has 1 aromatic heterocycles. The first-order chi connectivity index (χ1) is 9.80. The van der Waals surface area contributed by atoms with Gasteiger partial charge in [0.1, 0.15) is 5.75 Å². The second kappa shape index (κ2) is 6.13. The maximum Gasteiger partial charge on any atom is 0.122 e. The molecular weight excluding hydrogens is 248 g/mol. The molecule has 0 bridgehead atoms. The first-order valence-electron chi connectivity index (χ1n) is 8.09. The topological polar surface area (TPSA) is 25.4 Å². The molecule has 3 nitrogen and oxygen atoms in total. The van der Waals surface area contributed by atoms with Crippen LogP contribution in [0.3, 0.4) is 0 Å². The van der Waals surface area contributed by atoms with Gasteiger partial charge in [0, 0.05) is 12.4 Å². The summed E-state index contributed by atoms with van der Waals surface area (Å²) in [7, 11) is 0. The second-order valence-electron chi connectivity index (χ2n) is 6.43. The van der Waals surface area contributed by atoms with E-state index in [-0.39, 0.29) is 0 Å². The predicted molar refractivity (Wildman–Crippen MR) is 80.9 cm³/mol. The van der Waals surface area contributed by atoms with Crippen molar-refractivity contribution in [2.75, 3.05) is 19.6 Å². The number of likely N-dealkylation sites (tertiary alicyclic amines) is 1. The van der Waals surface area contributed by atoms with Crippen LogP contribution in [-0.2, 0) is 0 Å². The Labute approximate surface area is 122 Å². The number of piperidine rings is 1. The molecule has 0 N–H and O–H groups in total. The first-order valence-corrected chi connectivity index (χ1v) is 8.09. The summed E-state index contributed by atoms with van der Waals surface area (Å²) in [6.45, 7) is 6.08. The molecule has 1 saturated carbocycles. The minimum Gasteiger partial charge on any atom is -0.490 e. The van der Waals surface area contributed by atoms with Gasteiger partial charge in [-0.25, -0.2) is 0 Å². The van der Waals surface area contributed by atoms with E-state index < -0.39 is 0 Å². The van der Waals surface area contributed by atoms with Gasteiger partial charge in [-0.15, -0.1) is 0 Å². The van der Waals surface area contributed by atoms with Crippen molar-refractivity contribution in [1.82, 2.24) is 9.88 Å². The molecule has 0 radical (unpaired) electrons. The molecule has 0 aromatic carbocycles. The largest absolute Gasteiger partial charge is 0.490 e. The van der Waals surface area contributed by atoms with E-state index in [1.165, 1.54) is 58.2 Å². The quantitative estimate of drug-likeness (QED) is 0.843. The number of hydrogen-bond acceptors (Lipinski definition) is 3. The van der Waals surface area contributed by atoms with Crippen molar-refractivity contribution in [3.8, 4) is 5.75 Å². The average molecular weight is 274 g/mol. The molecule has 0 unspecified atom stereocenters. The fraction of sp³-hybridized carbons (Fsp3) is 0.706. The number of aromatic nitrogens is 1. The molecule has 1 aromatic rings. The summed E-state index contributed by atoms with van der Waals surface area (Å²) in [5.41, 5.74) is 0.629. The fourth-order valence-corrected chi connectivity index (χ4v) is 3.77. The van der Waals surface area contributed by atoms with Crippen LogP contribution in [0.5, 0.6) is 5.75 Å². The van der Waals surface area contributed by atoms with E-state index in [1.807, 2.05) is 12.1 Å². The zero-order chi connectivity index (χ0) is 13.8. The number of nitrogens with zero attached hydrogens (tertiary/aromatic N) is 2. The van der Waals surface area contributed by atoms with Gasteiger partial charge in [-0.1, -0.05) is 6.92 Å². The Hall–Kier alpha value is -1.09. The summed E-state index contributed by atoms with van der Waals surface area (Å²) in [5, 5.41) is 0. The van der Waals surface area contributed by atoms with Gasteiger partial charge >= 0.3 is 0 Å².